The van der Waals surface area contributed by atoms with E-state index in [0.717, 1.165) is 11.3 Å². The molecule has 0 fully saturated rings. The van der Waals surface area contributed by atoms with Crippen LogP contribution in [-0.2, 0) is 4.79 Å². The summed E-state index contributed by atoms with van der Waals surface area (Å²) in [6.45, 7) is 9.67. The molecule has 0 saturated heterocycles. The minimum Gasteiger partial charge on any atom is -0.319 e. The van der Waals surface area contributed by atoms with Crippen LogP contribution in [0.1, 0.15) is 32.0 Å². The Morgan fingerprint density at radius 1 is 1.35 bits per heavy atom. The number of nitrogens with one attached hydrogen (secondary N) is 1. The van der Waals surface area contributed by atoms with E-state index in [1.54, 1.807) is 0 Å². The highest BCUT2D eigenvalue weighted by Crippen LogP contribution is 2.18. The summed E-state index contributed by atoms with van der Waals surface area (Å²) in [4.78, 5) is 16.2. The maximum absolute atomic E-state index is 11.9. The van der Waals surface area contributed by atoms with Crippen LogP contribution in [0.5, 0.6) is 0 Å². The lowest BCUT2D eigenvalue weighted by molar-refractivity contribution is -0.119. The number of carbonyl (C=O) groups is 1. The van der Waals surface area contributed by atoms with Gasteiger partial charge in [0.25, 0.3) is 0 Å². The van der Waals surface area contributed by atoms with E-state index in [1.807, 2.05) is 46.8 Å². The number of nitrogens with two attached hydrogens (primary N) is 1. The molecule has 3 N–H and O–H groups in total. The van der Waals surface area contributed by atoms with Crippen molar-refractivity contribution in [3.05, 3.63) is 23.4 Å². The molecule has 0 aromatic carbocycles. The number of nitrogens with zero attached hydrogens (tertiary/aromatic N) is 1. The molecule has 0 aliphatic heterocycles. The average molecular weight is 235 g/mol. The van der Waals surface area contributed by atoms with E-state index in [0.29, 0.717) is 5.82 Å². The maximum atomic E-state index is 11.9. The van der Waals surface area contributed by atoms with Crippen molar-refractivity contribution in [1.82, 2.24) is 4.98 Å². The Morgan fingerprint density at radius 2 is 1.94 bits per heavy atom. The molecule has 0 aliphatic carbocycles. The van der Waals surface area contributed by atoms with E-state index in [-0.39, 0.29) is 11.3 Å². The lowest BCUT2D eigenvalue weighted by Gasteiger charge is -2.25. The summed E-state index contributed by atoms with van der Waals surface area (Å²) in [6.07, 6.45) is 0. The summed E-state index contributed by atoms with van der Waals surface area (Å²) in [5, 5.41) is 2.75. The summed E-state index contributed by atoms with van der Waals surface area (Å²) >= 11 is 0. The molecule has 0 saturated carbocycles. The van der Waals surface area contributed by atoms with Crippen molar-refractivity contribution in [3.8, 4) is 0 Å². The van der Waals surface area contributed by atoms with E-state index in [9.17, 15) is 4.79 Å². The lowest BCUT2D eigenvalue weighted by Crippen LogP contribution is -2.45. The minimum absolute atomic E-state index is 0.199. The van der Waals surface area contributed by atoms with Crippen LogP contribution in [0.3, 0.4) is 0 Å². The van der Waals surface area contributed by atoms with Crippen LogP contribution in [0.25, 0.3) is 0 Å². The predicted octanol–water partition coefficient (Wildman–Crippen LogP) is 2.01. The van der Waals surface area contributed by atoms with Gasteiger partial charge in [0, 0.05) is 5.69 Å². The van der Waals surface area contributed by atoms with E-state index in [2.05, 4.69) is 10.3 Å². The van der Waals surface area contributed by atoms with E-state index in [4.69, 9.17) is 5.73 Å². The van der Waals surface area contributed by atoms with E-state index < -0.39 is 6.04 Å². The van der Waals surface area contributed by atoms with Crippen LogP contribution in [-0.4, -0.2) is 16.9 Å². The average Bonchev–Trinajstić information content (AvgIpc) is 2.13. The minimum atomic E-state index is -0.551. The third kappa shape index (κ3) is 3.82. The highest BCUT2D eigenvalue weighted by atomic mass is 16.2. The Labute approximate surface area is 103 Å². The number of pyridine rings is 1. The van der Waals surface area contributed by atoms with E-state index >= 15 is 0 Å². The van der Waals surface area contributed by atoms with Crippen molar-refractivity contribution >= 4 is 11.7 Å². The fourth-order valence-corrected chi connectivity index (χ4v) is 1.50. The van der Waals surface area contributed by atoms with Crippen molar-refractivity contribution in [2.75, 3.05) is 5.32 Å². The van der Waals surface area contributed by atoms with Crippen LogP contribution < -0.4 is 11.1 Å². The Hall–Kier alpha value is -1.42. The first-order valence-electron chi connectivity index (χ1n) is 5.72. The van der Waals surface area contributed by atoms with Gasteiger partial charge in [0.2, 0.25) is 5.91 Å². The first-order chi connectivity index (χ1) is 7.70. The van der Waals surface area contributed by atoms with Gasteiger partial charge in [-0.3, -0.25) is 4.79 Å². The summed E-state index contributed by atoms with van der Waals surface area (Å²) < 4.78 is 0. The molecule has 4 heteroatoms. The van der Waals surface area contributed by atoms with Crippen molar-refractivity contribution in [3.63, 3.8) is 0 Å². The van der Waals surface area contributed by atoms with Crippen molar-refractivity contribution in [2.24, 2.45) is 11.1 Å². The van der Waals surface area contributed by atoms with Gasteiger partial charge in [-0.1, -0.05) is 20.8 Å². The second kappa shape index (κ2) is 4.84. The molecule has 1 atom stereocenters. The Balaban J connectivity index is 2.81. The zero-order valence-corrected chi connectivity index (χ0v) is 11.2. The summed E-state index contributed by atoms with van der Waals surface area (Å²) in [6, 6.07) is 3.24. The molecule has 1 amide bonds. The van der Waals surface area contributed by atoms with Gasteiger partial charge < -0.3 is 11.1 Å². The fourth-order valence-electron chi connectivity index (χ4n) is 1.50. The van der Waals surface area contributed by atoms with Crippen molar-refractivity contribution in [2.45, 2.75) is 40.7 Å². The van der Waals surface area contributed by atoms with Crippen LogP contribution in [0.15, 0.2) is 12.1 Å². The van der Waals surface area contributed by atoms with Gasteiger partial charge >= 0.3 is 0 Å². The van der Waals surface area contributed by atoms with E-state index in [1.165, 1.54) is 0 Å². The predicted molar refractivity (Wildman–Crippen MR) is 69.8 cm³/mol. The SMILES string of the molecule is Cc1cc(C)nc(NC(=O)C(N)C(C)(C)C)c1. The molecule has 0 aliphatic rings. The molecule has 1 aromatic heterocycles. The van der Waals surface area contributed by atoms with Gasteiger partial charge in [-0.25, -0.2) is 4.98 Å². The summed E-state index contributed by atoms with van der Waals surface area (Å²) in [7, 11) is 0. The normalized spacial score (nSPS) is 13.3. The number of carbonyl (C=O) groups excluding carboxylic acids is 1. The molecule has 1 unspecified atom stereocenters. The topological polar surface area (TPSA) is 68.0 Å². The molecule has 17 heavy (non-hydrogen) atoms. The third-order valence-corrected chi connectivity index (χ3v) is 2.56. The highest BCUT2D eigenvalue weighted by molar-refractivity contribution is 5.94. The molecule has 1 heterocycles. The number of anilines is 1. The molecule has 0 bridgehead atoms. The second-order valence-corrected chi connectivity index (χ2v) is 5.50. The van der Waals surface area contributed by atoms with Crippen molar-refractivity contribution < 1.29 is 4.79 Å². The maximum Gasteiger partial charge on any atom is 0.242 e. The molecule has 4 nitrogen and oxygen atoms in total. The molecular weight excluding hydrogens is 214 g/mol. The van der Waals surface area contributed by atoms with Crippen molar-refractivity contribution in [1.29, 1.82) is 0 Å². The number of rotatable bonds is 2. The standard InChI is InChI=1S/C13H21N3O/c1-8-6-9(2)15-10(7-8)16-12(17)11(14)13(3,4)5/h6-7,11H,14H2,1-5H3,(H,15,16,17). The molecule has 1 aromatic rings. The first kappa shape index (κ1) is 13.6. The monoisotopic (exact) mass is 235 g/mol. The number of aromatic nitrogens is 1. The van der Waals surface area contributed by atoms with Gasteiger partial charge in [0.15, 0.2) is 0 Å². The number of hydrogen-bond donors (Lipinski definition) is 2. The molecule has 1 rings (SSSR count). The fraction of sp³-hybridized carbons (Fsp3) is 0.538. The zero-order valence-electron chi connectivity index (χ0n) is 11.2. The van der Waals surface area contributed by atoms with Gasteiger partial charge in [0.1, 0.15) is 5.82 Å². The first-order valence-corrected chi connectivity index (χ1v) is 5.72. The van der Waals surface area contributed by atoms with Gasteiger partial charge in [-0.15, -0.1) is 0 Å². The molecular formula is C13H21N3O. The quantitative estimate of drug-likeness (QED) is 0.824. The Kier molecular flexibility index (Phi) is 3.88. The smallest absolute Gasteiger partial charge is 0.242 e. The van der Waals surface area contributed by atoms with Crippen LogP contribution in [0.2, 0.25) is 0 Å². The van der Waals surface area contributed by atoms with Crippen LogP contribution in [0, 0.1) is 19.3 Å². The number of aryl methyl sites for hydroxylation is 2. The molecule has 0 radical (unpaired) electrons. The number of hydrogen-bond acceptors (Lipinski definition) is 3. The molecule has 0 spiro atoms. The summed E-state index contributed by atoms with van der Waals surface area (Å²) in [5.41, 5.74) is 7.56. The largest absolute Gasteiger partial charge is 0.319 e. The second-order valence-electron chi connectivity index (χ2n) is 5.50. The zero-order chi connectivity index (χ0) is 13.2. The summed E-state index contributed by atoms with van der Waals surface area (Å²) in [5.74, 6) is 0.363. The van der Waals surface area contributed by atoms with Gasteiger partial charge in [-0.05, 0) is 37.0 Å². The lowest BCUT2D eigenvalue weighted by atomic mass is 9.87. The van der Waals surface area contributed by atoms with Crippen LogP contribution >= 0.6 is 0 Å². The number of amides is 1. The Bertz CT molecular complexity index is 401. The van der Waals surface area contributed by atoms with Gasteiger partial charge in [0.05, 0.1) is 6.04 Å². The third-order valence-electron chi connectivity index (χ3n) is 2.56. The highest BCUT2D eigenvalue weighted by Gasteiger charge is 2.27. The van der Waals surface area contributed by atoms with Gasteiger partial charge in [-0.2, -0.15) is 0 Å². The van der Waals surface area contributed by atoms with Crippen LogP contribution in [0.4, 0.5) is 5.82 Å². The molecule has 94 valence electrons. The Morgan fingerprint density at radius 3 is 2.41 bits per heavy atom.